The number of carbonyl (C=O) groups excluding carboxylic acids is 2. The van der Waals surface area contributed by atoms with Crippen LogP contribution in [0.25, 0.3) is 0 Å². The molecule has 1 saturated heterocycles. The SMILES string of the molecule is Cc1ccccc1NC(=O)[C@@H](C)OC(=O)C1CCN(S(=O)(=O)c2cc([N+](=O)[O-])ccc2C)CC1. The fourth-order valence-corrected chi connectivity index (χ4v) is 5.44. The van der Waals surface area contributed by atoms with Crippen LogP contribution in [0, 0.1) is 29.9 Å². The molecule has 2 aromatic carbocycles. The molecule has 3 rings (SSSR count). The second-order valence-corrected chi connectivity index (χ2v) is 10.2. The van der Waals surface area contributed by atoms with Crippen molar-refractivity contribution in [3.8, 4) is 0 Å². The third-order valence-electron chi connectivity index (χ3n) is 5.85. The zero-order valence-corrected chi connectivity index (χ0v) is 20.0. The lowest BCUT2D eigenvalue weighted by Gasteiger charge is -2.31. The Labute approximate surface area is 198 Å². The zero-order chi connectivity index (χ0) is 25.0. The topological polar surface area (TPSA) is 136 Å². The number of piperidine rings is 1. The number of nitrogens with zero attached hydrogens (tertiary/aromatic N) is 2. The van der Waals surface area contributed by atoms with Crippen LogP contribution in [0.15, 0.2) is 47.4 Å². The Morgan fingerprint density at radius 2 is 1.76 bits per heavy atom. The number of nitro benzene ring substituents is 1. The molecule has 1 atom stereocenters. The molecular weight excluding hydrogens is 462 g/mol. The van der Waals surface area contributed by atoms with Crippen LogP contribution in [0.5, 0.6) is 0 Å². The number of hydrogen-bond acceptors (Lipinski definition) is 7. The van der Waals surface area contributed by atoms with Gasteiger partial charge in [-0.1, -0.05) is 24.3 Å². The second-order valence-electron chi connectivity index (χ2n) is 8.27. The van der Waals surface area contributed by atoms with Gasteiger partial charge in [-0.15, -0.1) is 0 Å². The number of anilines is 1. The molecule has 10 nitrogen and oxygen atoms in total. The first kappa shape index (κ1) is 25.3. The summed E-state index contributed by atoms with van der Waals surface area (Å²) in [5.74, 6) is -1.56. The Kier molecular flexibility index (Phi) is 7.68. The van der Waals surface area contributed by atoms with Gasteiger partial charge in [0.15, 0.2) is 6.10 Å². The lowest BCUT2D eigenvalue weighted by molar-refractivity contribution is -0.385. The zero-order valence-electron chi connectivity index (χ0n) is 19.2. The Bertz CT molecular complexity index is 1200. The van der Waals surface area contributed by atoms with Gasteiger partial charge in [0.2, 0.25) is 10.0 Å². The van der Waals surface area contributed by atoms with Crippen LogP contribution in [0.4, 0.5) is 11.4 Å². The molecule has 1 amide bonds. The number of benzene rings is 2. The normalized spacial score (nSPS) is 16.0. The number of para-hydroxylation sites is 1. The first-order chi connectivity index (χ1) is 16.0. The summed E-state index contributed by atoms with van der Waals surface area (Å²) in [6, 6.07) is 11.0. The molecule has 2 aromatic rings. The number of nitrogens with one attached hydrogen (secondary N) is 1. The highest BCUT2D eigenvalue weighted by Crippen LogP contribution is 2.29. The van der Waals surface area contributed by atoms with Gasteiger partial charge in [0.25, 0.3) is 11.6 Å². The Hall–Kier alpha value is -3.31. The van der Waals surface area contributed by atoms with Crippen molar-refractivity contribution in [1.29, 1.82) is 0 Å². The maximum absolute atomic E-state index is 13.1. The summed E-state index contributed by atoms with van der Waals surface area (Å²) in [4.78, 5) is 35.3. The quantitative estimate of drug-likeness (QED) is 0.358. The number of hydrogen-bond donors (Lipinski definition) is 1. The summed E-state index contributed by atoms with van der Waals surface area (Å²) >= 11 is 0. The predicted octanol–water partition coefficient (Wildman–Crippen LogP) is 3.18. The molecule has 1 fully saturated rings. The van der Waals surface area contributed by atoms with E-state index in [9.17, 15) is 28.1 Å². The third-order valence-corrected chi connectivity index (χ3v) is 7.89. The molecule has 0 unspecified atom stereocenters. The van der Waals surface area contributed by atoms with Gasteiger partial charge in [0, 0.05) is 30.9 Å². The number of aryl methyl sites for hydroxylation is 2. The first-order valence-electron chi connectivity index (χ1n) is 10.8. The fraction of sp³-hybridized carbons (Fsp3) is 0.391. The van der Waals surface area contributed by atoms with Gasteiger partial charge in [-0.25, -0.2) is 8.42 Å². The molecule has 1 heterocycles. The predicted molar refractivity (Wildman–Crippen MR) is 125 cm³/mol. The molecule has 34 heavy (non-hydrogen) atoms. The first-order valence-corrected chi connectivity index (χ1v) is 12.3. The highest BCUT2D eigenvalue weighted by molar-refractivity contribution is 7.89. The minimum atomic E-state index is -3.96. The lowest BCUT2D eigenvalue weighted by Crippen LogP contribution is -2.42. The van der Waals surface area contributed by atoms with Crippen molar-refractivity contribution in [2.24, 2.45) is 5.92 Å². The highest BCUT2D eigenvalue weighted by Gasteiger charge is 2.35. The number of sulfonamides is 1. The molecule has 1 aliphatic rings. The number of amides is 1. The smallest absolute Gasteiger partial charge is 0.309 e. The summed E-state index contributed by atoms with van der Waals surface area (Å²) in [7, 11) is -3.96. The molecule has 0 bridgehead atoms. The summed E-state index contributed by atoms with van der Waals surface area (Å²) in [6.45, 7) is 5.03. The van der Waals surface area contributed by atoms with Gasteiger partial charge < -0.3 is 10.1 Å². The van der Waals surface area contributed by atoms with Crippen LogP contribution >= 0.6 is 0 Å². The molecule has 1 aliphatic heterocycles. The van der Waals surface area contributed by atoms with Crippen LogP contribution in [0.2, 0.25) is 0 Å². The van der Waals surface area contributed by atoms with Crippen LogP contribution in [-0.4, -0.2) is 48.7 Å². The van der Waals surface area contributed by atoms with E-state index in [1.807, 2.05) is 19.1 Å². The number of esters is 1. The van der Waals surface area contributed by atoms with E-state index >= 15 is 0 Å². The molecule has 0 radical (unpaired) electrons. The van der Waals surface area contributed by atoms with Crippen LogP contribution < -0.4 is 5.32 Å². The van der Waals surface area contributed by atoms with E-state index in [4.69, 9.17) is 4.74 Å². The van der Waals surface area contributed by atoms with Gasteiger partial charge >= 0.3 is 5.97 Å². The minimum Gasteiger partial charge on any atom is -0.452 e. The lowest BCUT2D eigenvalue weighted by atomic mass is 9.98. The molecule has 0 spiro atoms. The number of rotatable bonds is 7. The summed E-state index contributed by atoms with van der Waals surface area (Å²) < 4.78 is 32.7. The minimum absolute atomic E-state index is 0.0635. The average molecular weight is 490 g/mol. The molecular formula is C23H27N3O7S. The van der Waals surface area contributed by atoms with E-state index in [0.717, 1.165) is 11.6 Å². The largest absolute Gasteiger partial charge is 0.452 e. The van der Waals surface area contributed by atoms with Crippen molar-refractivity contribution in [1.82, 2.24) is 4.31 Å². The van der Waals surface area contributed by atoms with E-state index in [-0.39, 0.29) is 36.5 Å². The van der Waals surface area contributed by atoms with Crippen LogP contribution in [0.3, 0.4) is 0 Å². The van der Waals surface area contributed by atoms with Crippen molar-refractivity contribution >= 4 is 33.3 Å². The van der Waals surface area contributed by atoms with Crippen molar-refractivity contribution in [2.75, 3.05) is 18.4 Å². The van der Waals surface area contributed by atoms with Gasteiger partial charge in [-0.3, -0.25) is 19.7 Å². The van der Waals surface area contributed by atoms with E-state index < -0.39 is 38.8 Å². The molecule has 0 aliphatic carbocycles. The van der Waals surface area contributed by atoms with Gasteiger partial charge in [0.1, 0.15) is 0 Å². The fourth-order valence-electron chi connectivity index (χ4n) is 3.72. The number of non-ortho nitro benzene ring substituents is 1. The van der Waals surface area contributed by atoms with E-state index in [1.54, 1.807) is 19.1 Å². The molecule has 0 aromatic heterocycles. The van der Waals surface area contributed by atoms with Gasteiger partial charge in [-0.05, 0) is 50.8 Å². The maximum atomic E-state index is 13.1. The van der Waals surface area contributed by atoms with E-state index in [0.29, 0.717) is 11.3 Å². The maximum Gasteiger partial charge on any atom is 0.309 e. The van der Waals surface area contributed by atoms with E-state index in [1.165, 1.54) is 23.4 Å². The Morgan fingerprint density at radius 3 is 2.38 bits per heavy atom. The van der Waals surface area contributed by atoms with Crippen LogP contribution in [0.1, 0.15) is 30.9 Å². The Morgan fingerprint density at radius 1 is 1.12 bits per heavy atom. The van der Waals surface area contributed by atoms with E-state index in [2.05, 4.69) is 5.32 Å². The van der Waals surface area contributed by atoms with Gasteiger partial charge in [0.05, 0.1) is 15.7 Å². The highest BCUT2D eigenvalue weighted by atomic mass is 32.2. The van der Waals surface area contributed by atoms with Crippen molar-refractivity contribution in [3.05, 3.63) is 63.7 Å². The van der Waals surface area contributed by atoms with Gasteiger partial charge in [-0.2, -0.15) is 4.31 Å². The third kappa shape index (κ3) is 5.60. The summed E-state index contributed by atoms with van der Waals surface area (Å²) in [5.41, 5.74) is 1.61. The van der Waals surface area contributed by atoms with Crippen molar-refractivity contribution < 1.29 is 27.7 Å². The Balaban J connectivity index is 1.59. The molecule has 182 valence electrons. The second kappa shape index (κ2) is 10.3. The molecule has 11 heteroatoms. The number of ether oxygens (including phenoxy) is 1. The summed E-state index contributed by atoms with van der Waals surface area (Å²) in [6.07, 6.45) is -0.572. The summed E-state index contributed by atoms with van der Waals surface area (Å²) in [5, 5.41) is 13.8. The number of carbonyl (C=O) groups is 2. The average Bonchev–Trinajstić information content (AvgIpc) is 2.80. The standard InChI is InChI=1S/C23H27N3O7S/c1-15-6-4-5-7-20(15)24-22(27)17(3)33-23(28)18-10-12-25(13-11-18)34(31,32)21-14-19(26(29)30)9-8-16(21)2/h4-9,14,17-18H,10-13H2,1-3H3,(H,24,27)/t17-/m1/s1. The van der Waals surface area contributed by atoms with Crippen LogP contribution in [-0.2, 0) is 24.3 Å². The van der Waals surface area contributed by atoms with Crippen molar-refractivity contribution in [3.63, 3.8) is 0 Å². The number of nitro groups is 1. The van der Waals surface area contributed by atoms with Crippen molar-refractivity contribution in [2.45, 2.75) is 44.6 Å². The monoisotopic (exact) mass is 489 g/mol. The molecule has 0 saturated carbocycles. The molecule has 1 N–H and O–H groups in total.